The molecule has 0 aliphatic carbocycles. The summed E-state index contributed by atoms with van der Waals surface area (Å²) in [6, 6.07) is 13.8. The van der Waals surface area contributed by atoms with Gasteiger partial charge in [-0.2, -0.15) is 0 Å². The first-order valence-electron chi connectivity index (χ1n) is 7.84. The Kier molecular flexibility index (Phi) is 6.23. The van der Waals surface area contributed by atoms with E-state index in [4.69, 9.17) is 4.74 Å². The first kappa shape index (κ1) is 18.4. The third-order valence-corrected chi connectivity index (χ3v) is 5.73. The Morgan fingerprint density at radius 3 is 2.43 bits per heavy atom. The van der Waals surface area contributed by atoms with Crippen molar-refractivity contribution in [3.8, 4) is 0 Å². The van der Waals surface area contributed by atoms with Gasteiger partial charge in [0.15, 0.2) is 0 Å². The van der Waals surface area contributed by atoms with Gasteiger partial charge in [-0.05, 0) is 28.3 Å². The van der Waals surface area contributed by atoms with Crippen LogP contribution in [0.4, 0.5) is 0 Å². The van der Waals surface area contributed by atoms with Gasteiger partial charge in [0.2, 0.25) is 0 Å². The third kappa shape index (κ3) is 4.14. The van der Waals surface area contributed by atoms with Crippen LogP contribution in [0.15, 0.2) is 47.8 Å². The van der Waals surface area contributed by atoms with Crippen molar-refractivity contribution in [1.82, 2.24) is 0 Å². The zero-order valence-electron chi connectivity index (χ0n) is 13.4. The molecule has 0 spiro atoms. The lowest BCUT2D eigenvalue weighted by Crippen LogP contribution is -2.55. The minimum absolute atomic E-state index is 0. The van der Waals surface area contributed by atoms with Gasteiger partial charge in [-0.25, -0.2) is 0 Å². The molecule has 0 N–H and O–H groups in total. The van der Waals surface area contributed by atoms with E-state index in [1.807, 2.05) is 47.8 Å². The summed E-state index contributed by atoms with van der Waals surface area (Å²) < 4.78 is 6.39. The number of benzene rings is 1. The van der Waals surface area contributed by atoms with Gasteiger partial charge in [0.05, 0.1) is 26.8 Å². The second-order valence-corrected chi connectivity index (χ2v) is 7.27. The van der Waals surface area contributed by atoms with Crippen LogP contribution in [0.1, 0.15) is 16.9 Å². The van der Waals surface area contributed by atoms with Crippen LogP contribution in [-0.2, 0) is 10.3 Å². The highest BCUT2D eigenvalue weighted by atomic mass is 35.5. The molecule has 0 bridgehead atoms. The molecule has 1 aromatic heterocycles. The molecule has 0 radical (unpaired) electrons. The standard InChI is InChI=1S/C18H23NO2S.ClH/c1-19(11-13-21-14-12-19)10-9-18(20,17-8-5-15-22-17)16-6-3-2-4-7-16;/h2-8,15H,9-14H2,1H3;1H. The predicted molar refractivity (Wildman–Crippen MR) is 95.0 cm³/mol. The Morgan fingerprint density at radius 2 is 1.83 bits per heavy atom. The molecule has 0 amide bonds. The Bertz CT molecular complexity index is 584. The topological polar surface area (TPSA) is 32.3 Å². The third-order valence-electron chi connectivity index (χ3n) is 4.71. The van der Waals surface area contributed by atoms with E-state index in [1.165, 1.54) is 0 Å². The van der Waals surface area contributed by atoms with Gasteiger partial charge in [-0.15, -0.1) is 23.7 Å². The van der Waals surface area contributed by atoms with Crippen LogP contribution in [0, 0.1) is 0 Å². The highest BCUT2D eigenvalue weighted by Crippen LogP contribution is 2.34. The zero-order valence-corrected chi connectivity index (χ0v) is 15.1. The van der Waals surface area contributed by atoms with Crippen LogP contribution in [0.3, 0.4) is 0 Å². The molecular formula is C18H24ClNO2S. The maximum atomic E-state index is 13.7. The summed E-state index contributed by atoms with van der Waals surface area (Å²) in [5, 5.41) is 15.7. The van der Waals surface area contributed by atoms with Gasteiger partial charge < -0.3 is 14.3 Å². The van der Waals surface area contributed by atoms with Crippen molar-refractivity contribution in [3.63, 3.8) is 0 Å². The van der Waals surface area contributed by atoms with E-state index >= 15 is 0 Å². The average molecular weight is 354 g/mol. The van der Waals surface area contributed by atoms with Crippen LogP contribution in [0.2, 0.25) is 0 Å². The second-order valence-electron chi connectivity index (χ2n) is 6.32. The van der Waals surface area contributed by atoms with Crippen molar-refractivity contribution >= 4 is 23.7 Å². The van der Waals surface area contributed by atoms with Crippen molar-refractivity contribution < 1.29 is 14.3 Å². The summed E-state index contributed by atoms with van der Waals surface area (Å²) in [5.41, 5.74) is -0.271. The quantitative estimate of drug-likeness (QED) is 0.774. The maximum Gasteiger partial charge on any atom is 0.102 e. The number of nitrogens with zero attached hydrogens (tertiary/aromatic N) is 1. The molecule has 1 aliphatic rings. The van der Waals surface area contributed by atoms with Crippen LogP contribution in [0.5, 0.6) is 0 Å². The Hall–Kier alpha value is -0.910. The van der Waals surface area contributed by atoms with Crippen molar-refractivity contribution in [1.29, 1.82) is 0 Å². The fourth-order valence-electron chi connectivity index (χ4n) is 3.06. The lowest BCUT2D eigenvalue weighted by molar-refractivity contribution is -0.918. The largest absolute Gasteiger partial charge is 0.842 e. The van der Waals surface area contributed by atoms with E-state index in [1.54, 1.807) is 11.3 Å². The van der Waals surface area contributed by atoms with Gasteiger partial charge in [0, 0.05) is 0 Å². The van der Waals surface area contributed by atoms with E-state index in [9.17, 15) is 5.11 Å². The van der Waals surface area contributed by atoms with Gasteiger partial charge in [0.1, 0.15) is 13.1 Å². The average Bonchev–Trinajstić information content (AvgIpc) is 3.09. The molecule has 1 atom stereocenters. The summed E-state index contributed by atoms with van der Waals surface area (Å²) in [6.45, 7) is 4.48. The molecule has 0 saturated carbocycles. The van der Waals surface area contributed by atoms with E-state index in [-0.39, 0.29) is 12.4 Å². The summed E-state index contributed by atoms with van der Waals surface area (Å²) in [6.07, 6.45) is 0.619. The van der Waals surface area contributed by atoms with Gasteiger partial charge >= 0.3 is 0 Å². The van der Waals surface area contributed by atoms with E-state index in [0.29, 0.717) is 6.42 Å². The van der Waals surface area contributed by atoms with Crippen molar-refractivity contribution in [2.45, 2.75) is 12.0 Å². The number of quaternary nitrogens is 1. The number of ether oxygens (including phenoxy) is 1. The Labute approximate surface area is 148 Å². The fourth-order valence-corrected chi connectivity index (χ4v) is 3.93. The summed E-state index contributed by atoms with van der Waals surface area (Å²) in [7, 11) is 2.24. The molecule has 3 nitrogen and oxygen atoms in total. The maximum absolute atomic E-state index is 13.7. The Morgan fingerprint density at radius 1 is 1.13 bits per heavy atom. The highest BCUT2D eigenvalue weighted by Gasteiger charge is 2.30. The molecule has 23 heavy (non-hydrogen) atoms. The summed E-state index contributed by atoms with van der Waals surface area (Å²) in [5.74, 6) is 0. The van der Waals surface area contributed by atoms with Crippen molar-refractivity contribution in [2.75, 3.05) is 39.9 Å². The van der Waals surface area contributed by atoms with E-state index in [2.05, 4.69) is 7.05 Å². The van der Waals surface area contributed by atoms with Crippen molar-refractivity contribution in [3.05, 3.63) is 58.3 Å². The van der Waals surface area contributed by atoms with E-state index in [0.717, 1.165) is 47.8 Å². The lowest BCUT2D eigenvalue weighted by atomic mass is 9.88. The number of halogens is 1. The molecule has 1 unspecified atom stereocenters. The molecule has 1 saturated heterocycles. The number of morpholine rings is 1. The number of rotatable bonds is 5. The molecule has 1 aliphatic heterocycles. The molecule has 3 rings (SSSR count). The molecule has 1 fully saturated rings. The summed E-state index contributed by atoms with van der Waals surface area (Å²) in [4.78, 5) is 0.915. The molecule has 5 heteroatoms. The molecule has 2 heterocycles. The van der Waals surface area contributed by atoms with Crippen molar-refractivity contribution in [2.24, 2.45) is 0 Å². The SMILES string of the molecule is C[N+]1(CCC([O-])(c2ccccc2)c2cccs2)CCOCC1.Cl. The lowest BCUT2D eigenvalue weighted by Gasteiger charge is -2.45. The highest BCUT2D eigenvalue weighted by molar-refractivity contribution is 7.10. The second kappa shape index (κ2) is 7.77. The Balaban J connectivity index is 0.00000192. The summed E-state index contributed by atoms with van der Waals surface area (Å²) >= 11 is 1.57. The van der Waals surface area contributed by atoms with Crippen LogP contribution < -0.4 is 5.11 Å². The van der Waals surface area contributed by atoms with Gasteiger partial charge in [0.25, 0.3) is 0 Å². The van der Waals surface area contributed by atoms with Crippen LogP contribution in [0.25, 0.3) is 0 Å². The van der Waals surface area contributed by atoms with Crippen LogP contribution in [-0.4, -0.2) is 44.4 Å². The number of hydrogen-bond acceptors (Lipinski definition) is 3. The minimum Gasteiger partial charge on any atom is -0.842 e. The predicted octanol–water partition coefficient (Wildman–Crippen LogP) is 2.64. The number of thiophene rings is 1. The zero-order chi connectivity index (χ0) is 15.5. The van der Waals surface area contributed by atoms with Gasteiger partial charge in [-0.3, -0.25) is 0 Å². The minimum atomic E-state index is -1.14. The first-order chi connectivity index (χ1) is 10.6. The molecule has 126 valence electrons. The van der Waals surface area contributed by atoms with Crippen LogP contribution >= 0.6 is 23.7 Å². The number of likely N-dealkylation sites (N-methyl/N-ethyl adjacent to an activating group) is 1. The molecule has 2 aromatic rings. The smallest absolute Gasteiger partial charge is 0.102 e. The van der Waals surface area contributed by atoms with Gasteiger partial charge in [-0.1, -0.05) is 42.0 Å². The number of hydrogen-bond donors (Lipinski definition) is 0. The molecular weight excluding hydrogens is 330 g/mol. The monoisotopic (exact) mass is 353 g/mol. The van der Waals surface area contributed by atoms with E-state index < -0.39 is 5.60 Å². The molecule has 1 aromatic carbocycles. The normalized spacial score (nSPS) is 19.6. The fraction of sp³-hybridized carbons (Fsp3) is 0.444. The first-order valence-corrected chi connectivity index (χ1v) is 8.72.